The first kappa shape index (κ1) is 23.3. The van der Waals surface area contributed by atoms with E-state index in [0.717, 1.165) is 18.9 Å². The molecule has 2 heterocycles. The number of primary amides is 1. The van der Waals surface area contributed by atoms with E-state index in [9.17, 15) is 22.8 Å². The van der Waals surface area contributed by atoms with Crippen LogP contribution in [0, 0.1) is 29.3 Å². The summed E-state index contributed by atoms with van der Waals surface area (Å²) in [6.45, 7) is 0.929. The standard InChI is InChI=1S/C25H25F3N4O3/c26-17-7-16(8-18(27)9-17)22-5-6-35-32(22)25(34)15-3-1-14(2-4-15)12-31-13-30-21-11-20(28)19(24(29)33)10-23(21)31/h7-11,13-15,22H,1-6,12H2,(H2,29,33)/t14?,15?,22-/m0/s1. The molecule has 2 N–H and O–H groups in total. The summed E-state index contributed by atoms with van der Waals surface area (Å²) < 4.78 is 43.3. The van der Waals surface area contributed by atoms with Gasteiger partial charge in [0.25, 0.3) is 5.91 Å². The molecule has 5 rings (SSSR count). The second kappa shape index (κ2) is 9.33. The molecule has 7 nitrogen and oxygen atoms in total. The maximum Gasteiger partial charge on any atom is 0.251 e. The molecule has 0 radical (unpaired) electrons. The molecule has 1 atom stereocenters. The summed E-state index contributed by atoms with van der Waals surface area (Å²) in [7, 11) is 0. The molecule has 1 aliphatic heterocycles. The van der Waals surface area contributed by atoms with Gasteiger partial charge in [-0.15, -0.1) is 0 Å². The summed E-state index contributed by atoms with van der Waals surface area (Å²) in [6, 6.07) is 5.41. The lowest BCUT2D eigenvalue weighted by Gasteiger charge is -2.32. The van der Waals surface area contributed by atoms with Crippen LogP contribution in [-0.2, 0) is 16.2 Å². The van der Waals surface area contributed by atoms with Crippen molar-refractivity contribution in [3.63, 3.8) is 0 Å². The van der Waals surface area contributed by atoms with Crippen LogP contribution in [0.5, 0.6) is 0 Å². The normalized spacial score (nSPS) is 22.6. The Balaban J connectivity index is 1.24. The summed E-state index contributed by atoms with van der Waals surface area (Å²) >= 11 is 0. The van der Waals surface area contributed by atoms with Crippen molar-refractivity contribution in [1.82, 2.24) is 14.6 Å². The zero-order chi connectivity index (χ0) is 24.7. The number of rotatable bonds is 5. The summed E-state index contributed by atoms with van der Waals surface area (Å²) in [4.78, 5) is 34.5. The van der Waals surface area contributed by atoms with Crippen LogP contribution in [0.25, 0.3) is 11.0 Å². The fraction of sp³-hybridized carbons (Fsp3) is 0.400. The second-order valence-corrected chi connectivity index (χ2v) is 9.30. The van der Waals surface area contributed by atoms with Crippen LogP contribution in [0.3, 0.4) is 0 Å². The first-order chi connectivity index (χ1) is 16.8. The van der Waals surface area contributed by atoms with Gasteiger partial charge >= 0.3 is 0 Å². The molecule has 1 saturated carbocycles. The molecule has 0 spiro atoms. The Morgan fingerprint density at radius 2 is 1.71 bits per heavy atom. The summed E-state index contributed by atoms with van der Waals surface area (Å²) in [6.07, 6.45) is 4.97. The maximum absolute atomic E-state index is 14.0. The van der Waals surface area contributed by atoms with Gasteiger partial charge in [0, 0.05) is 31.0 Å². The molecular weight excluding hydrogens is 461 g/mol. The molecule has 184 valence electrons. The van der Waals surface area contributed by atoms with E-state index in [2.05, 4.69) is 4.98 Å². The van der Waals surface area contributed by atoms with Crippen molar-refractivity contribution >= 4 is 22.8 Å². The van der Waals surface area contributed by atoms with Gasteiger partial charge in [-0.3, -0.25) is 14.4 Å². The van der Waals surface area contributed by atoms with Gasteiger partial charge in [0.1, 0.15) is 17.5 Å². The molecule has 3 aromatic rings. The van der Waals surface area contributed by atoms with Crippen LogP contribution in [0.15, 0.2) is 36.7 Å². The lowest BCUT2D eigenvalue weighted by molar-refractivity contribution is -0.183. The Hall–Kier alpha value is -3.40. The number of carbonyl (C=O) groups is 2. The van der Waals surface area contributed by atoms with Crippen LogP contribution < -0.4 is 5.73 Å². The molecule has 1 aromatic heterocycles. The monoisotopic (exact) mass is 486 g/mol. The number of hydrogen-bond acceptors (Lipinski definition) is 4. The minimum absolute atomic E-state index is 0.162. The topological polar surface area (TPSA) is 90.5 Å². The van der Waals surface area contributed by atoms with Gasteiger partial charge in [0.2, 0.25) is 5.91 Å². The number of nitrogens with two attached hydrogens (primary N) is 1. The fourth-order valence-corrected chi connectivity index (χ4v) is 5.22. The molecule has 10 heteroatoms. The number of hydrogen-bond donors (Lipinski definition) is 1. The summed E-state index contributed by atoms with van der Waals surface area (Å²) in [5, 5.41) is 1.29. The van der Waals surface area contributed by atoms with Crippen LogP contribution in [0.2, 0.25) is 0 Å². The first-order valence-electron chi connectivity index (χ1n) is 11.7. The summed E-state index contributed by atoms with van der Waals surface area (Å²) in [5.74, 6) is -3.02. The van der Waals surface area contributed by atoms with E-state index in [1.807, 2.05) is 4.57 Å². The van der Waals surface area contributed by atoms with E-state index in [1.54, 1.807) is 6.33 Å². The van der Waals surface area contributed by atoms with Crippen LogP contribution in [-0.4, -0.2) is 33.0 Å². The minimum Gasteiger partial charge on any atom is -0.366 e. The lowest BCUT2D eigenvalue weighted by Crippen LogP contribution is -2.37. The molecule has 1 aliphatic carbocycles. The largest absolute Gasteiger partial charge is 0.366 e. The number of amides is 2. The molecule has 0 bridgehead atoms. The lowest BCUT2D eigenvalue weighted by atomic mass is 9.81. The van der Waals surface area contributed by atoms with Gasteiger partial charge in [-0.05, 0) is 55.4 Å². The van der Waals surface area contributed by atoms with Gasteiger partial charge < -0.3 is 10.3 Å². The fourth-order valence-electron chi connectivity index (χ4n) is 5.22. The molecule has 2 fully saturated rings. The number of halogens is 3. The third kappa shape index (κ3) is 4.62. The van der Waals surface area contributed by atoms with Crippen molar-refractivity contribution in [2.75, 3.05) is 6.61 Å². The number of benzene rings is 2. The molecule has 0 unspecified atom stereocenters. The van der Waals surface area contributed by atoms with Gasteiger partial charge in [-0.2, -0.15) is 0 Å². The first-order valence-corrected chi connectivity index (χ1v) is 11.7. The Labute approximate surface area is 199 Å². The van der Waals surface area contributed by atoms with Crippen LogP contribution >= 0.6 is 0 Å². The van der Waals surface area contributed by atoms with E-state index in [0.29, 0.717) is 49.0 Å². The van der Waals surface area contributed by atoms with Crippen molar-refractivity contribution in [2.24, 2.45) is 17.6 Å². The van der Waals surface area contributed by atoms with Crippen LogP contribution in [0.1, 0.15) is 54.1 Å². The molecule has 2 aromatic carbocycles. The highest BCUT2D eigenvalue weighted by Gasteiger charge is 2.37. The predicted molar refractivity (Wildman–Crippen MR) is 120 cm³/mol. The highest BCUT2D eigenvalue weighted by atomic mass is 19.1. The van der Waals surface area contributed by atoms with Gasteiger partial charge in [0.05, 0.1) is 35.6 Å². The zero-order valence-corrected chi connectivity index (χ0v) is 18.9. The Bertz CT molecular complexity index is 1270. The van der Waals surface area contributed by atoms with Crippen LogP contribution in [0.4, 0.5) is 13.2 Å². The SMILES string of the molecule is NC(=O)c1cc2c(cc1F)ncn2CC1CCC(C(=O)N2OCC[C@H]2c2cc(F)cc(F)c2)CC1. The van der Waals surface area contributed by atoms with E-state index in [1.165, 1.54) is 29.3 Å². The van der Waals surface area contributed by atoms with Crippen molar-refractivity contribution < 1.29 is 27.6 Å². The predicted octanol–water partition coefficient (Wildman–Crippen LogP) is 4.26. The van der Waals surface area contributed by atoms with Gasteiger partial charge in [0.15, 0.2) is 0 Å². The van der Waals surface area contributed by atoms with E-state index >= 15 is 0 Å². The molecule has 2 amide bonds. The molecule has 2 aliphatic rings. The average molecular weight is 486 g/mol. The Morgan fingerprint density at radius 3 is 2.40 bits per heavy atom. The van der Waals surface area contributed by atoms with Gasteiger partial charge in [-0.25, -0.2) is 23.2 Å². The maximum atomic E-state index is 14.0. The number of hydroxylamine groups is 2. The number of imidazole rings is 1. The van der Waals surface area contributed by atoms with E-state index < -0.39 is 29.4 Å². The van der Waals surface area contributed by atoms with Gasteiger partial charge in [-0.1, -0.05) is 0 Å². The van der Waals surface area contributed by atoms with E-state index in [4.69, 9.17) is 10.6 Å². The molecule has 1 saturated heterocycles. The third-order valence-electron chi connectivity index (χ3n) is 7.02. The highest BCUT2D eigenvalue weighted by molar-refractivity contribution is 5.96. The number of carbonyl (C=O) groups excluding carboxylic acids is 2. The van der Waals surface area contributed by atoms with Crippen molar-refractivity contribution in [1.29, 1.82) is 0 Å². The smallest absolute Gasteiger partial charge is 0.251 e. The third-order valence-corrected chi connectivity index (χ3v) is 7.02. The number of aromatic nitrogens is 2. The molecular formula is C25H25F3N4O3. The average Bonchev–Trinajstić information content (AvgIpc) is 3.45. The minimum atomic E-state index is -0.834. The quantitative estimate of drug-likeness (QED) is 0.583. The summed E-state index contributed by atoms with van der Waals surface area (Å²) in [5.41, 5.74) is 6.57. The Kier molecular flexibility index (Phi) is 6.22. The zero-order valence-electron chi connectivity index (χ0n) is 18.9. The Morgan fingerprint density at radius 1 is 1.00 bits per heavy atom. The number of fused-ring (bicyclic) bond motifs is 1. The second-order valence-electron chi connectivity index (χ2n) is 9.30. The van der Waals surface area contributed by atoms with Crippen molar-refractivity contribution in [3.05, 3.63) is 65.2 Å². The highest BCUT2D eigenvalue weighted by Crippen LogP contribution is 2.37. The van der Waals surface area contributed by atoms with Crippen molar-refractivity contribution in [3.8, 4) is 0 Å². The number of nitrogens with zero attached hydrogens (tertiary/aromatic N) is 3. The molecule has 35 heavy (non-hydrogen) atoms. The van der Waals surface area contributed by atoms with Crippen molar-refractivity contribution in [2.45, 2.75) is 44.7 Å². The van der Waals surface area contributed by atoms with E-state index in [-0.39, 0.29) is 23.3 Å².